The monoisotopic (exact) mass is 459 g/mol. The van der Waals surface area contributed by atoms with Crippen molar-refractivity contribution in [2.75, 3.05) is 25.0 Å². The summed E-state index contributed by atoms with van der Waals surface area (Å²) in [6, 6.07) is 6.73. The summed E-state index contributed by atoms with van der Waals surface area (Å²) >= 11 is 0. The molecule has 1 aromatic carbocycles. The number of pyridine rings is 1. The molecule has 0 bridgehead atoms. The summed E-state index contributed by atoms with van der Waals surface area (Å²) in [4.78, 5) is 27.2. The zero-order chi connectivity index (χ0) is 23.8. The van der Waals surface area contributed by atoms with Crippen LogP contribution in [0.2, 0.25) is 0 Å². The number of ether oxygens (including phenoxy) is 1. The van der Waals surface area contributed by atoms with E-state index in [1.165, 1.54) is 0 Å². The molecule has 2 aromatic heterocycles. The highest BCUT2D eigenvalue weighted by Gasteiger charge is 2.44. The largest absolute Gasteiger partial charge is 0.416 e. The smallest absolute Gasteiger partial charge is 0.365 e. The maximum atomic E-state index is 13.0. The average molecular weight is 459 g/mol. The Kier molecular flexibility index (Phi) is 6.20. The molecule has 1 aliphatic heterocycles. The van der Waals surface area contributed by atoms with Crippen LogP contribution in [0.15, 0.2) is 30.5 Å². The third-order valence-electron chi connectivity index (χ3n) is 5.62. The van der Waals surface area contributed by atoms with Crippen LogP contribution in [0.4, 0.5) is 23.7 Å². The number of morpholine rings is 1. The van der Waals surface area contributed by atoms with Crippen molar-refractivity contribution in [3.05, 3.63) is 47.5 Å². The fourth-order valence-corrected chi connectivity index (χ4v) is 3.76. The van der Waals surface area contributed by atoms with Crippen molar-refractivity contribution in [1.82, 2.24) is 19.9 Å². The van der Waals surface area contributed by atoms with Gasteiger partial charge in [-0.3, -0.25) is 0 Å². The minimum atomic E-state index is -4.52. The van der Waals surface area contributed by atoms with Crippen LogP contribution in [-0.2, 0) is 11.2 Å². The van der Waals surface area contributed by atoms with Gasteiger partial charge in [-0.1, -0.05) is 13.0 Å². The fraction of sp³-hybridized carbons (Fsp3) is 0.391. The van der Waals surface area contributed by atoms with Crippen LogP contribution in [0.25, 0.3) is 22.2 Å². The quantitative estimate of drug-likeness (QED) is 0.616. The van der Waals surface area contributed by atoms with Gasteiger partial charge in [0.25, 0.3) is 0 Å². The van der Waals surface area contributed by atoms with Gasteiger partial charge in [0, 0.05) is 41.5 Å². The molecule has 7 nitrogen and oxygen atoms in total. The number of carbonyl (C=O) groups excluding carboxylic acids is 1. The SMILES string of the molecule is CCc1ncc2cc(-c3cc(NC(=O)N4CCO[C@@H](C(F)(F)F)C4)ccc3C)c(C)nc2n1. The summed E-state index contributed by atoms with van der Waals surface area (Å²) in [6.45, 7) is 5.19. The summed E-state index contributed by atoms with van der Waals surface area (Å²) in [5.74, 6) is 0.721. The van der Waals surface area contributed by atoms with Crippen molar-refractivity contribution in [3.8, 4) is 11.1 Å². The first-order valence-electron chi connectivity index (χ1n) is 10.6. The van der Waals surface area contributed by atoms with Gasteiger partial charge in [-0.2, -0.15) is 13.2 Å². The summed E-state index contributed by atoms with van der Waals surface area (Å²) in [7, 11) is 0. The molecule has 1 saturated heterocycles. The first-order valence-corrected chi connectivity index (χ1v) is 10.6. The molecule has 2 amide bonds. The Morgan fingerprint density at radius 2 is 2.00 bits per heavy atom. The number of urea groups is 1. The summed E-state index contributed by atoms with van der Waals surface area (Å²) < 4.78 is 43.7. The van der Waals surface area contributed by atoms with Crippen LogP contribution in [0.5, 0.6) is 0 Å². The molecule has 0 aliphatic carbocycles. The number of nitrogens with one attached hydrogen (secondary N) is 1. The number of hydrogen-bond donors (Lipinski definition) is 1. The van der Waals surface area contributed by atoms with Gasteiger partial charge >= 0.3 is 12.2 Å². The van der Waals surface area contributed by atoms with E-state index in [9.17, 15) is 18.0 Å². The molecule has 33 heavy (non-hydrogen) atoms. The lowest BCUT2D eigenvalue weighted by atomic mass is 9.98. The van der Waals surface area contributed by atoms with Crippen molar-refractivity contribution in [2.24, 2.45) is 0 Å². The maximum Gasteiger partial charge on any atom is 0.416 e. The average Bonchev–Trinajstić information content (AvgIpc) is 2.79. The van der Waals surface area contributed by atoms with Crippen molar-refractivity contribution in [1.29, 1.82) is 0 Å². The number of amides is 2. The Balaban J connectivity index is 1.59. The Labute approximate surface area is 189 Å². The van der Waals surface area contributed by atoms with Crippen molar-refractivity contribution < 1.29 is 22.7 Å². The number of aromatic nitrogens is 3. The lowest BCUT2D eigenvalue weighted by Gasteiger charge is -2.33. The van der Waals surface area contributed by atoms with Gasteiger partial charge in [-0.25, -0.2) is 19.7 Å². The van der Waals surface area contributed by atoms with Gasteiger partial charge in [0.05, 0.1) is 13.2 Å². The molecule has 3 heterocycles. The third-order valence-corrected chi connectivity index (χ3v) is 5.62. The van der Waals surface area contributed by atoms with E-state index in [-0.39, 0.29) is 13.2 Å². The van der Waals surface area contributed by atoms with Crippen molar-refractivity contribution in [3.63, 3.8) is 0 Å². The predicted molar refractivity (Wildman–Crippen MR) is 118 cm³/mol. The number of rotatable bonds is 3. The van der Waals surface area contributed by atoms with E-state index in [0.717, 1.165) is 38.5 Å². The Hall–Kier alpha value is -3.27. The highest BCUT2D eigenvalue weighted by molar-refractivity contribution is 5.91. The van der Waals surface area contributed by atoms with E-state index in [2.05, 4.69) is 20.3 Å². The van der Waals surface area contributed by atoms with Gasteiger partial charge in [0.15, 0.2) is 11.8 Å². The number of nitrogens with zero attached hydrogens (tertiary/aromatic N) is 4. The zero-order valence-electron chi connectivity index (χ0n) is 18.5. The first-order chi connectivity index (χ1) is 15.7. The second-order valence-corrected chi connectivity index (χ2v) is 7.98. The summed E-state index contributed by atoms with van der Waals surface area (Å²) in [6.07, 6.45) is -4.04. The molecule has 0 spiro atoms. The molecule has 1 aliphatic rings. The van der Waals surface area contributed by atoms with E-state index in [1.54, 1.807) is 18.3 Å². The topological polar surface area (TPSA) is 80.2 Å². The predicted octanol–water partition coefficient (Wildman–Crippen LogP) is 4.67. The zero-order valence-corrected chi connectivity index (χ0v) is 18.5. The van der Waals surface area contributed by atoms with Crippen LogP contribution < -0.4 is 5.32 Å². The summed E-state index contributed by atoms with van der Waals surface area (Å²) in [5.41, 5.74) is 4.56. The van der Waals surface area contributed by atoms with Crippen LogP contribution >= 0.6 is 0 Å². The first kappa shape index (κ1) is 22.9. The van der Waals surface area contributed by atoms with Crippen LogP contribution in [0.3, 0.4) is 0 Å². The highest BCUT2D eigenvalue weighted by Crippen LogP contribution is 2.31. The van der Waals surface area contributed by atoms with E-state index in [1.807, 2.05) is 32.9 Å². The Morgan fingerprint density at radius 3 is 2.73 bits per heavy atom. The molecular weight excluding hydrogens is 435 g/mol. The van der Waals surface area contributed by atoms with E-state index < -0.39 is 24.9 Å². The molecule has 1 fully saturated rings. The normalized spacial score (nSPS) is 16.8. The van der Waals surface area contributed by atoms with E-state index >= 15 is 0 Å². The van der Waals surface area contributed by atoms with Gasteiger partial charge in [0.2, 0.25) is 0 Å². The Bertz CT molecular complexity index is 1200. The van der Waals surface area contributed by atoms with Gasteiger partial charge in [0.1, 0.15) is 5.82 Å². The molecular formula is C23H24F3N5O2. The maximum absolute atomic E-state index is 13.0. The summed E-state index contributed by atoms with van der Waals surface area (Å²) in [5, 5.41) is 3.51. The third kappa shape index (κ3) is 4.90. The molecule has 10 heteroatoms. The molecule has 3 aromatic rings. The van der Waals surface area contributed by atoms with Crippen molar-refractivity contribution in [2.45, 2.75) is 39.5 Å². The second kappa shape index (κ2) is 8.93. The number of hydrogen-bond acceptors (Lipinski definition) is 5. The highest BCUT2D eigenvalue weighted by atomic mass is 19.4. The number of anilines is 1. The molecule has 1 atom stereocenters. The number of carbonyl (C=O) groups is 1. The van der Waals surface area contributed by atoms with E-state index in [0.29, 0.717) is 17.8 Å². The number of halogens is 3. The number of aryl methyl sites for hydroxylation is 3. The molecule has 174 valence electrons. The van der Waals surface area contributed by atoms with Gasteiger partial charge in [-0.15, -0.1) is 0 Å². The second-order valence-electron chi connectivity index (χ2n) is 7.98. The Morgan fingerprint density at radius 1 is 1.21 bits per heavy atom. The number of alkyl halides is 3. The van der Waals surface area contributed by atoms with Crippen LogP contribution in [0, 0.1) is 13.8 Å². The molecule has 1 N–H and O–H groups in total. The molecule has 4 rings (SSSR count). The lowest BCUT2D eigenvalue weighted by Crippen LogP contribution is -2.52. The van der Waals surface area contributed by atoms with E-state index in [4.69, 9.17) is 4.74 Å². The fourth-order valence-electron chi connectivity index (χ4n) is 3.76. The lowest BCUT2D eigenvalue weighted by molar-refractivity contribution is -0.233. The minimum Gasteiger partial charge on any atom is -0.365 e. The van der Waals surface area contributed by atoms with Gasteiger partial charge in [-0.05, 0) is 43.2 Å². The molecule has 0 saturated carbocycles. The van der Waals surface area contributed by atoms with Crippen LogP contribution in [0.1, 0.15) is 24.0 Å². The van der Waals surface area contributed by atoms with Crippen molar-refractivity contribution >= 4 is 22.8 Å². The minimum absolute atomic E-state index is 0.0879. The van der Waals surface area contributed by atoms with Crippen LogP contribution in [-0.4, -0.2) is 57.9 Å². The number of fused-ring (bicyclic) bond motifs is 1. The number of benzene rings is 1. The van der Waals surface area contributed by atoms with Gasteiger partial charge < -0.3 is 15.0 Å². The molecule has 0 unspecified atom stereocenters. The standard InChI is InChI=1S/C23H24F3N5O2/c1-4-20-27-11-15-9-18(14(3)28-21(15)30-20)17-10-16(6-5-13(17)2)29-22(32)31-7-8-33-19(12-31)23(24,25)26/h5-6,9-11,19H,4,7-8,12H2,1-3H3,(H,29,32)/t19-/m1/s1. The molecule has 0 radical (unpaired) electrons.